The number of anilines is 1. The Labute approximate surface area is 224 Å². The normalized spacial score (nSPS) is 25.7. The van der Waals surface area contributed by atoms with Crippen LogP contribution in [0.5, 0.6) is 0 Å². The molecular weight excluding hydrogens is 511 g/mol. The zero-order chi connectivity index (χ0) is 26.8. The van der Waals surface area contributed by atoms with E-state index < -0.39 is 35.4 Å². The molecule has 6 rings (SSSR count). The Bertz CT molecular complexity index is 1300. The molecule has 3 heterocycles. The van der Waals surface area contributed by atoms with Gasteiger partial charge < -0.3 is 15.0 Å². The Morgan fingerprint density at radius 1 is 1.18 bits per heavy atom. The van der Waals surface area contributed by atoms with Gasteiger partial charge in [-0.3, -0.25) is 19.7 Å². The summed E-state index contributed by atoms with van der Waals surface area (Å²) in [5.41, 5.74) is 1.29. The van der Waals surface area contributed by atoms with Crippen molar-refractivity contribution in [3.63, 3.8) is 0 Å². The quantitative estimate of drug-likeness (QED) is 0.555. The van der Waals surface area contributed by atoms with Crippen LogP contribution >= 0.6 is 11.8 Å². The first-order valence-electron chi connectivity index (χ1n) is 12.6. The van der Waals surface area contributed by atoms with Gasteiger partial charge in [0, 0.05) is 47.3 Å². The van der Waals surface area contributed by atoms with Crippen LogP contribution in [0.15, 0.2) is 41.3 Å². The first kappa shape index (κ1) is 25.1. The number of imide groups is 1. The highest BCUT2D eigenvalue weighted by Gasteiger charge is 2.58. The topological polar surface area (TPSA) is 100 Å². The van der Waals surface area contributed by atoms with Gasteiger partial charge in [-0.25, -0.2) is 9.18 Å². The third-order valence-electron chi connectivity index (χ3n) is 7.30. The minimum Gasteiger partial charge on any atom is -0.444 e. The number of piperidine rings is 1. The van der Waals surface area contributed by atoms with Crippen LogP contribution in [0.4, 0.5) is 14.9 Å². The lowest BCUT2D eigenvalue weighted by molar-refractivity contribution is -0.177. The van der Waals surface area contributed by atoms with Gasteiger partial charge in [0.25, 0.3) is 11.8 Å². The first-order valence-corrected chi connectivity index (χ1v) is 13.6. The van der Waals surface area contributed by atoms with Crippen LogP contribution in [0.3, 0.4) is 0 Å². The number of hydroxylamine groups is 2. The lowest BCUT2D eigenvalue weighted by atomic mass is 9.93. The molecule has 1 saturated heterocycles. The van der Waals surface area contributed by atoms with E-state index in [0.29, 0.717) is 35.1 Å². The zero-order valence-corrected chi connectivity index (χ0v) is 22.1. The highest BCUT2D eigenvalue weighted by Crippen LogP contribution is 2.51. The molecule has 200 valence electrons. The molecule has 3 amide bonds. The Balaban J connectivity index is 1.21. The van der Waals surface area contributed by atoms with Gasteiger partial charge in [0.15, 0.2) is 0 Å². The van der Waals surface area contributed by atoms with Crippen LogP contribution in [-0.2, 0) is 21.0 Å². The molecule has 4 atom stereocenters. The molecule has 1 aliphatic carbocycles. The van der Waals surface area contributed by atoms with Crippen LogP contribution in [-0.4, -0.2) is 53.6 Å². The third kappa shape index (κ3) is 4.42. The molecule has 4 aliphatic rings. The number of amides is 3. The molecule has 0 bridgehead atoms. The fourth-order valence-corrected chi connectivity index (χ4v) is 6.72. The van der Waals surface area contributed by atoms with Crippen LogP contribution < -0.4 is 15.5 Å². The fourth-order valence-electron chi connectivity index (χ4n) is 5.57. The molecule has 11 heteroatoms. The third-order valence-corrected chi connectivity index (χ3v) is 8.31. The molecule has 2 fully saturated rings. The van der Waals surface area contributed by atoms with E-state index in [4.69, 9.17) is 9.57 Å². The number of halogens is 1. The summed E-state index contributed by atoms with van der Waals surface area (Å²) in [7, 11) is 0. The van der Waals surface area contributed by atoms with E-state index in [1.807, 2.05) is 56.0 Å². The molecule has 0 spiro atoms. The van der Waals surface area contributed by atoms with Gasteiger partial charge in [0.05, 0.1) is 11.3 Å². The Morgan fingerprint density at radius 3 is 2.58 bits per heavy atom. The van der Waals surface area contributed by atoms with Gasteiger partial charge in [-0.05, 0) is 32.4 Å². The summed E-state index contributed by atoms with van der Waals surface area (Å²) in [4.78, 5) is 47.0. The van der Waals surface area contributed by atoms with Gasteiger partial charge in [-0.1, -0.05) is 30.3 Å². The minimum absolute atomic E-state index is 0.00121. The number of hydrogen-bond acceptors (Lipinski definition) is 8. The number of hydrogen-bond donors (Lipinski definition) is 2. The van der Waals surface area contributed by atoms with Crippen molar-refractivity contribution in [2.24, 2.45) is 11.8 Å². The largest absolute Gasteiger partial charge is 0.444 e. The molecule has 3 aliphatic heterocycles. The van der Waals surface area contributed by atoms with Crippen molar-refractivity contribution in [2.75, 3.05) is 23.9 Å². The minimum atomic E-state index is -0.798. The summed E-state index contributed by atoms with van der Waals surface area (Å²) < 4.78 is 21.0. The average molecular weight is 541 g/mol. The summed E-state index contributed by atoms with van der Waals surface area (Å²) >= 11 is 1.39. The Hall–Kier alpha value is -3.15. The van der Waals surface area contributed by atoms with Crippen molar-refractivity contribution in [3.8, 4) is 0 Å². The van der Waals surface area contributed by atoms with Crippen molar-refractivity contribution in [3.05, 3.63) is 58.9 Å². The number of rotatable bonds is 5. The first-order chi connectivity index (χ1) is 18.1. The van der Waals surface area contributed by atoms with E-state index in [-0.39, 0.29) is 30.0 Å². The highest BCUT2D eigenvalue weighted by atomic mass is 32.2. The summed E-state index contributed by atoms with van der Waals surface area (Å²) in [5.74, 6) is -0.905. The Morgan fingerprint density at radius 2 is 1.89 bits per heavy atom. The van der Waals surface area contributed by atoms with Crippen molar-refractivity contribution in [1.82, 2.24) is 15.7 Å². The molecule has 2 aromatic rings. The summed E-state index contributed by atoms with van der Waals surface area (Å²) in [6.45, 7) is 6.63. The van der Waals surface area contributed by atoms with Crippen molar-refractivity contribution < 1.29 is 28.3 Å². The standard InChI is InChI=1S/C27H29FN4O5S/c1-27(2,3)37-26(35)30-20-16-10-31(11-17(16)20)22-18(28)9-15-19-21(29-13-38-23(19)22)25(34)32(24(15)33)36-12-14-7-5-4-6-8-14/h4-9,16-17,20-21,29H,10-13H2,1-3H3,(H,30,35)/t16-,17+,20+,21?. The highest BCUT2D eigenvalue weighted by molar-refractivity contribution is 7.99. The predicted molar refractivity (Wildman–Crippen MR) is 138 cm³/mol. The van der Waals surface area contributed by atoms with E-state index in [0.717, 1.165) is 10.6 Å². The van der Waals surface area contributed by atoms with Crippen molar-refractivity contribution >= 4 is 35.4 Å². The number of benzene rings is 2. The molecular formula is C27H29FN4O5S. The number of nitrogens with zero attached hydrogens (tertiary/aromatic N) is 2. The maximum Gasteiger partial charge on any atom is 0.407 e. The summed E-state index contributed by atoms with van der Waals surface area (Å²) in [5, 5.41) is 6.84. The van der Waals surface area contributed by atoms with Crippen LogP contribution in [0.25, 0.3) is 0 Å². The van der Waals surface area contributed by atoms with Gasteiger partial charge in [0.1, 0.15) is 24.1 Å². The maximum absolute atomic E-state index is 15.6. The number of carbonyl (C=O) groups is 3. The smallest absolute Gasteiger partial charge is 0.407 e. The summed E-state index contributed by atoms with van der Waals surface area (Å²) in [6.07, 6.45) is -0.445. The number of thioether (sulfide) groups is 1. The number of fused-ring (bicyclic) bond motifs is 1. The Kier molecular flexibility index (Phi) is 6.12. The molecule has 1 unspecified atom stereocenters. The average Bonchev–Trinajstić information content (AvgIpc) is 3.28. The molecule has 0 aromatic heterocycles. The van der Waals surface area contributed by atoms with Crippen molar-refractivity contribution in [2.45, 2.75) is 50.0 Å². The van der Waals surface area contributed by atoms with Crippen molar-refractivity contribution in [1.29, 1.82) is 0 Å². The fraction of sp³-hybridized carbons (Fsp3) is 0.444. The van der Waals surface area contributed by atoms with Gasteiger partial charge in [-0.15, -0.1) is 16.8 Å². The lowest BCUT2D eigenvalue weighted by Gasteiger charge is -2.38. The van der Waals surface area contributed by atoms with Gasteiger partial charge >= 0.3 is 6.09 Å². The van der Waals surface area contributed by atoms with E-state index in [2.05, 4.69) is 10.6 Å². The number of ether oxygens (including phenoxy) is 1. The van der Waals surface area contributed by atoms with Gasteiger partial charge in [0.2, 0.25) is 0 Å². The molecule has 2 aromatic carbocycles. The monoisotopic (exact) mass is 540 g/mol. The number of carbonyl (C=O) groups excluding carboxylic acids is 3. The maximum atomic E-state index is 15.6. The molecule has 2 N–H and O–H groups in total. The van der Waals surface area contributed by atoms with Crippen LogP contribution in [0.1, 0.15) is 48.3 Å². The molecule has 9 nitrogen and oxygen atoms in total. The molecule has 1 saturated carbocycles. The molecule has 0 radical (unpaired) electrons. The zero-order valence-electron chi connectivity index (χ0n) is 21.3. The SMILES string of the molecule is CC(C)(C)OC(=O)N[C@H]1[C@@H]2CN(c3c(F)cc4c5c3SCNC5C(=O)N(OCc3ccccc3)C4=O)C[C@@H]21. The van der Waals surface area contributed by atoms with Crippen LogP contribution in [0.2, 0.25) is 0 Å². The molecule has 38 heavy (non-hydrogen) atoms. The predicted octanol–water partition coefficient (Wildman–Crippen LogP) is 3.59. The second-order valence-electron chi connectivity index (χ2n) is 11.0. The summed E-state index contributed by atoms with van der Waals surface area (Å²) in [6, 6.07) is 9.64. The number of alkyl carbamates (subject to hydrolysis) is 1. The van der Waals surface area contributed by atoms with E-state index in [9.17, 15) is 14.4 Å². The lowest BCUT2D eigenvalue weighted by Crippen LogP contribution is -2.50. The van der Waals surface area contributed by atoms with E-state index in [1.165, 1.54) is 17.8 Å². The second-order valence-corrected chi connectivity index (χ2v) is 12.0. The second kappa shape index (κ2) is 9.25. The van der Waals surface area contributed by atoms with E-state index in [1.54, 1.807) is 0 Å². The van der Waals surface area contributed by atoms with Gasteiger partial charge in [-0.2, -0.15) is 0 Å². The number of nitrogens with one attached hydrogen (secondary N) is 2. The van der Waals surface area contributed by atoms with Crippen LogP contribution in [0, 0.1) is 17.7 Å². The van der Waals surface area contributed by atoms with E-state index >= 15 is 4.39 Å².